The van der Waals surface area contributed by atoms with Gasteiger partial charge in [0.05, 0.1) is 18.8 Å². The maximum absolute atomic E-state index is 12.2. The number of amides is 2. The van der Waals surface area contributed by atoms with Gasteiger partial charge in [0.15, 0.2) is 0 Å². The van der Waals surface area contributed by atoms with Gasteiger partial charge in [0.2, 0.25) is 5.91 Å². The Morgan fingerprint density at radius 1 is 1.20 bits per heavy atom. The van der Waals surface area contributed by atoms with Gasteiger partial charge >= 0.3 is 0 Å². The summed E-state index contributed by atoms with van der Waals surface area (Å²) in [5.74, 6) is 0.159. The first kappa shape index (κ1) is 17.8. The Labute approximate surface area is 147 Å². The van der Waals surface area contributed by atoms with E-state index in [-0.39, 0.29) is 36.5 Å². The molecule has 0 aromatic carbocycles. The first-order valence-corrected chi connectivity index (χ1v) is 8.92. The minimum absolute atomic E-state index is 0.00858. The zero-order valence-electron chi connectivity index (χ0n) is 14.2. The Morgan fingerprint density at radius 3 is 2.64 bits per heavy atom. The van der Waals surface area contributed by atoms with E-state index in [0.29, 0.717) is 12.1 Å². The van der Waals surface area contributed by atoms with Crippen LogP contribution in [-0.2, 0) is 9.53 Å². The monoisotopic (exact) mass is 347 g/mol. The van der Waals surface area contributed by atoms with E-state index < -0.39 is 6.10 Å². The Morgan fingerprint density at radius 2 is 1.96 bits per heavy atom. The number of aliphatic hydroxyl groups excluding tert-OH is 1. The first-order valence-electron chi connectivity index (χ1n) is 8.92. The molecule has 1 aromatic heterocycles. The zero-order valence-corrected chi connectivity index (χ0v) is 14.2. The van der Waals surface area contributed by atoms with Crippen molar-refractivity contribution in [2.24, 2.45) is 5.92 Å². The molecular weight excluding hydrogens is 322 g/mol. The fraction of sp³-hybridized carbons (Fsp3) is 0.611. The number of hydrogen-bond acceptors (Lipinski definition) is 5. The molecule has 0 unspecified atom stereocenters. The van der Waals surface area contributed by atoms with Gasteiger partial charge in [-0.2, -0.15) is 0 Å². The minimum Gasteiger partial charge on any atom is -0.394 e. The maximum Gasteiger partial charge on any atom is 0.251 e. The number of carbonyl (C=O) groups is 2. The lowest BCUT2D eigenvalue weighted by molar-refractivity contribution is -0.122. The molecule has 1 aliphatic heterocycles. The molecule has 1 aliphatic carbocycles. The second-order valence-corrected chi connectivity index (χ2v) is 6.73. The van der Waals surface area contributed by atoms with Crippen LogP contribution >= 0.6 is 0 Å². The molecule has 3 rings (SSSR count). The van der Waals surface area contributed by atoms with Gasteiger partial charge in [0.25, 0.3) is 5.91 Å². The lowest BCUT2D eigenvalue weighted by atomic mass is 9.96. The van der Waals surface area contributed by atoms with Crippen LogP contribution < -0.4 is 10.6 Å². The van der Waals surface area contributed by atoms with Gasteiger partial charge < -0.3 is 20.5 Å². The summed E-state index contributed by atoms with van der Waals surface area (Å²) >= 11 is 0. The van der Waals surface area contributed by atoms with Crippen molar-refractivity contribution in [2.45, 2.75) is 50.4 Å². The van der Waals surface area contributed by atoms with E-state index in [0.717, 1.165) is 32.1 Å². The number of hydrogen-bond donors (Lipinski definition) is 3. The van der Waals surface area contributed by atoms with Gasteiger partial charge in [-0.25, -0.2) is 0 Å². The zero-order chi connectivity index (χ0) is 17.6. The Bertz CT molecular complexity index is 591. The molecule has 3 N–H and O–H groups in total. The summed E-state index contributed by atoms with van der Waals surface area (Å²) in [7, 11) is 0. The molecular formula is C18H25N3O4. The van der Waals surface area contributed by atoms with Crippen LogP contribution in [0.2, 0.25) is 0 Å². The van der Waals surface area contributed by atoms with Crippen molar-refractivity contribution in [1.29, 1.82) is 0 Å². The van der Waals surface area contributed by atoms with E-state index in [1.54, 1.807) is 24.5 Å². The summed E-state index contributed by atoms with van der Waals surface area (Å²) in [6.07, 6.45) is 6.95. The minimum atomic E-state index is -0.427. The number of aromatic nitrogens is 1. The Kier molecular flexibility index (Phi) is 5.99. The van der Waals surface area contributed by atoms with Crippen molar-refractivity contribution in [3.8, 4) is 0 Å². The van der Waals surface area contributed by atoms with Crippen LogP contribution in [0.15, 0.2) is 24.5 Å². The molecule has 1 aromatic rings. The smallest absolute Gasteiger partial charge is 0.251 e. The Hall–Kier alpha value is -1.99. The van der Waals surface area contributed by atoms with E-state index in [1.807, 2.05) is 0 Å². The normalized spacial score (nSPS) is 26.0. The van der Waals surface area contributed by atoms with E-state index in [9.17, 15) is 14.7 Å². The van der Waals surface area contributed by atoms with Crippen molar-refractivity contribution < 1.29 is 19.4 Å². The van der Waals surface area contributed by atoms with Crippen LogP contribution in [0.5, 0.6) is 0 Å². The summed E-state index contributed by atoms with van der Waals surface area (Å²) in [4.78, 5) is 27.8. The molecule has 3 atom stereocenters. The first-order chi connectivity index (χ1) is 12.2. The van der Waals surface area contributed by atoms with E-state index in [4.69, 9.17) is 4.74 Å². The second-order valence-electron chi connectivity index (χ2n) is 6.73. The SMILES string of the molecule is O=C(N[C@@H]1CC[C@@H](CCNC(=O)C2CC2)O[C@H]1CO)c1ccncc1. The highest BCUT2D eigenvalue weighted by Crippen LogP contribution is 2.28. The Balaban J connectivity index is 1.44. The van der Waals surface area contributed by atoms with Crippen molar-refractivity contribution in [1.82, 2.24) is 15.6 Å². The summed E-state index contributed by atoms with van der Waals surface area (Å²) in [6, 6.07) is 3.08. The molecule has 7 nitrogen and oxygen atoms in total. The molecule has 2 heterocycles. The van der Waals surface area contributed by atoms with Gasteiger partial charge in [-0.3, -0.25) is 14.6 Å². The molecule has 1 saturated carbocycles. The largest absolute Gasteiger partial charge is 0.394 e. The van der Waals surface area contributed by atoms with Crippen LogP contribution in [0.3, 0.4) is 0 Å². The average molecular weight is 347 g/mol. The third-order valence-corrected chi connectivity index (χ3v) is 4.77. The summed E-state index contributed by atoms with van der Waals surface area (Å²) in [5.41, 5.74) is 0.539. The second kappa shape index (κ2) is 8.40. The average Bonchev–Trinajstić information content (AvgIpc) is 3.48. The van der Waals surface area contributed by atoms with Gasteiger partial charge in [-0.15, -0.1) is 0 Å². The van der Waals surface area contributed by atoms with E-state index in [2.05, 4.69) is 15.6 Å². The highest BCUT2D eigenvalue weighted by atomic mass is 16.5. The standard InChI is InChI=1S/C18H25N3O4/c22-11-16-15(21-18(24)13-5-8-19-9-6-13)4-3-14(25-16)7-10-20-17(23)12-1-2-12/h5-6,8-9,12,14-16,22H,1-4,7,10-11H2,(H,20,23)(H,21,24)/t14-,15+,16-/m0/s1. The highest BCUT2D eigenvalue weighted by Gasteiger charge is 2.33. The number of nitrogens with zero attached hydrogens (tertiary/aromatic N) is 1. The van der Waals surface area contributed by atoms with Gasteiger partial charge in [-0.1, -0.05) is 0 Å². The third-order valence-electron chi connectivity index (χ3n) is 4.77. The number of ether oxygens (including phenoxy) is 1. The molecule has 25 heavy (non-hydrogen) atoms. The number of rotatable bonds is 7. The number of carbonyl (C=O) groups excluding carboxylic acids is 2. The third kappa shape index (κ3) is 4.99. The number of pyridine rings is 1. The molecule has 136 valence electrons. The maximum atomic E-state index is 12.2. The van der Waals surface area contributed by atoms with Crippen molar-refractivity contribution in [3.63, 3.8) is 0 Å². The van der Waals surface area contributed by atoms with Gasteiger partial charge in [0, 0.05) is 30.4 Å². The predicted octanol–water partition coefficient (Wildman–Crippen LogP) is 0.636. The molecule has 1 saturated heterocycles. The lowest BCUT2D eigenvalue weighted by Gasteiger charge is -2.36. The van der Waals surface area contributed by atoms with Crippen LogP contribution in [0.1, 0.15) is 42.5 Å². The van der Waals surface area contributed by atoms with Crippen molar-refractivity contribution in [2.75, 3.05) is 13.2 Å². The molecule has 2 aliphatic rings. The van der Waals surface area contributed by atoms with Gasteiger partial charge in [0.1, 0.15) is 6.10 Å². The summed E-state index contributed by atoms with van der Waals surface area (Å²) in [5, 5.41) is 15.5. The van der Waals surface area contributed by atoms with Crippen molar-refractivity contribution in [3.05, 3.63) is 30.1 Å². The van der Waals surface area contributed by atoms with Crippen LogP contribution in [0.25, 0.3) is 0 Å². The lowest BCUT2D eigenvalue weighted by Crippen LogP contribution is -2.51. The quantitative estimate of drug-likeness (QED) is 0.672. The predicted molar refractivity (Wildman–Crippen MR) is 90.8 cm³/mol. The fourth-order valence-corrected chi connectivity index (χ4v) is 3.11. The molecule has 0 spiro atoms. The molecule has 0 radical (unpaired) electrons. The fourth-order valence-electron chi connectivity index (χ4n) is 3.11. The molecule has 0 bridgehead atoms. The van der Waals surface area contributed by atoms with E-state index in [1.165, 1.54) is 0 Å². The molecule has 2 fully saturated rings. The summed E-state index contributed by atoms with van der Waals surface area (Å²) < 4.78 is 5.91. The van der Waals surface area contributed by atoms with Crippen LogP contribution in [0.4, 0.5) is 0 Å². The van der Waals surface area contributed by atoms with Crippen molar-refractivity contribution >= 4 is 11.8 Å². The number of nitrogens with one attached hydrogen (secondary N) is 2. The molecule has 7 heteroatoms. The van der Waals surface area contributed by atoms with E-state index >= 15 is 0 Å². The van der Waals surface area contributed by atoms with Crippen LogP contribution in [0, 0.1) is 5.92 Å². The highest BCUT2D eigenvalue weighted by molar-refractivity contribution is 5.94. The topological polar surface area (TPSA) is 101 Å². The summed E-state index contributed by atoms with van der Waals surface area (Å²) in [6.45, 7) is 0.443. The van der Waals surface area contributed by atoms with Gasteiger partial charge in [-0.05, 0) is 44.2 Å². The molecule has 2 amide bonds. The van der Waals surface area contributed by atoms with Crippen LogP contribution in [-0.4, -0.2) is 53.3 Å². The number of aliphatic hydroxyl groups is 1.